The Morgan fingerprint density at radius 2 is 1.87 bits per heavy atom. The predicted molar refractivity (Wildman–Crippen MR) is 122 cm³/mol. The van der Waals surface area contributed by atoms with E-state index in [1.165, 1.54) is 30.2 Å². The van der Waals surface area contributed by atoms with E-state index in [9.17, 15) is 32.8 Å². The number of anilines is 1. The monoisotopic (exact) mass is 525 g/mol. The van der Waals surface area contributed by atoms with Gasteiger partial charge in [-0.3, -0.25) is 34.7 Å². The van der Waals surface area contributed by atoms with Crippen LogP contribution in [0.15, 0.2) is 28.7 Å². The molecular formula is C24H17F2N5O7. The number of ether oxygens (including phenoxy) is 1. The van der Waals surface area contributed by atoms with Crippen LogP contribution in [0, 0.1) is 11.6 Å². The van der Waals surface area contributed by atoms with Gasteiger partial charge in [0.25, 0.3) is 5.91 Å². The smallest absolute Gasteiger partial charge is 0.330 e. The van der Waals surface area contributed by atoms with Crippen molar-refractivity contribution in [3.05, 3.63) is 52.8 Å². The number of imide groups is 2. The summed E-state index contributed by atoms with van der Waals surface area (Å²) in [6.45, 7) is -0.815. The molecule has 6 amide bonds. The van der Waals surface area contributed by atoms with Crippen LogP contribution in [0.1, 0.15) is 28.1 Å². The average Bonchev–Trinajstić information content (AvgIpc) is 3.58. The van der Waals surface area contributed by atoms with E-state index in [1.54, 1.807) is 0 Å². The van der Waals surface area contributed by atoms with Gasteiger partial charge in [0.1, 0.15) is 23.2 Å². The predicted octanol–water partition coefficient (Wildman–Crippen LogP) is 1.11. The molecule has 3 aromatic rings. The first kappa shape index (κ1) is 23.5. The maximum atomic E-state index is 14.8. The Morgan fingerprint density at radius 1 is 1.08 bits per heavy atom. The maximum Gasteiger partial charge on any atom is 0.330 e. The van der Waals surface area contributed by atoms with Crippen LogP contribution in [0.3, 0.4) is 0 Å². The van der Waals surface area contributed by atoms with Gasteiger partial charge in [0.15, 0.2) is 28.8 Å². The van der Waals surface area contributed by atoms with Crippen molar-refractivity contribution in [3.63, 3.8) is 0 Å². The van der Waals surface area contributed by atoms with Gasteiger partial charge in [-0.2, -0.15) is 0 Å². The minimum atomic E-state index is -1.71. The van der Waals surface area contributed by atoms with Crippen molar-refractivity contribution in [1.82, 2.24) is 20.5 Å². The number of carbonyl (C=O) groups excluding carboxylic acids is 5. The second kappa shape index (κ2) is 8.06. The van der Waals surface area contributed by atoms with Gasteiger partial charge >= 0.3 is 6.03 Å². The number of hydrogen-bond donors (Lipinski definition) is 2. The van der Waals surface area contributed by atoms with E-state index in [4.69, 9.17) is 9.15 Å². The van der Waals surface area contributed by atoms with E-state index < -0.39 is 65.5 Å². The SMILES string of the molecule is COc1ccc2c(c1F)C(=O)N(C[C@@]1(c3cc4nc(N5CC(=O)NC5=O)c(F)cc4o3)CC(=O)NC1=O)C2. The third-order valence-corrected chi connectivity index (χ3v) is 6.84. The third kappa shape index (κ3) is 3.33. The summed E-state index contributed by atoms with van der Waals surface area (Å²) in [7, 11) is 1.27. The molecule has 38 heavy (non-hydrogen) atoms. The lowest BCUT2D eigenvalue weighted by Gasteiger charge is -2.28. The molecular weight excluding hydrogens is 508 g/mol. The number of nitrogens with zero attached hydrogens (tertiary/aromatic N) is 3. The summed E-state index contributed by atoms with van der Waals surface area (Å²) in [6, 6.07) is 4.33. The molecule has 0 spiro atoms. The van der Waals surface area contributed by atoms with Gasteiger partial charge in [0.2, 0.25) is 17.7 Å². The van der Waals surface area contributed by atoms with Gasteiger partial charge in [-0.25, -0.2) is 18.6 Å². The van der Waals surface area contributed by atoms with Crippen LogP contribution >= 0.6 is 0 Å². The Balaban J connectivity index is 1.40. The van der Waals surface area contributed by atoms with Gasteiger partial charge in [-0.05, 0) is 11.6 Å². The number of benzene rings is 1. The molecule has 5 heterocycles. The minimum absolute atomic E-state index is 0.0341. The van der Waals surface area contributed by atoms with E-state index in [0.29, 0.717) is 5.56 Å². The largest absolute Gasteiger partial charge is 0.494 e. The van der Waals surface area contributed by atoms with Crippen molar-refractivity contribution < 1.29 is 41.9 Å². The highest BCUT2D eigenvalue weighted by Crippen LogP contribution is 2.40. The van der Waals surface area contributed by atoms with Gasteiger partial charge in [0.05, 0.1) is 19.1 Å². The summed E-state index contributed by atoms with van der Waals surface area (Å²) in [4.78, 5) is 68.3. The zero-order valence-electron chi connectivity index (χ0n) is 19.6. The maximum absolute atomic E-state index is 14.8. The molecule has 3 aliphatic rings. The Hall–Kier alpha value is -4.88. The Labute approximate surface area is 211 Å². The molecule has 2 aromatic heterocycles. The zero-order chi connectivity index (χ0) is 26.9. The Bertz CT molecular complexity index is 1620. The molecule has 0 radical (unpaired) electrons. The summed E-state index contributed by atoms with van der Waals surface area (Å²) in [5, 5.41) is 4.23. The summed E-state index contributed by atoms with van der Waals surface area (Å²) in [5.41, 5.74) is -1.58. The lowest BCUT2D eigenvalue weighted by Crippen LogP contribution is -2.46. The molecule has 12 nitrogen and oxygen atoms in total. The second-order valence-electron chi connectivity index (χ2n) is 9.14. The minimum Gasteiger partial charge on any atom is -0.494 e. The standard InChI is InChI=1S/C24H17F2N5O7/c1-37-13-3-2-10-7-30(21(34)18(10)19(13)26)9-24(6-16(32)28-22(24)35)15-5-12-14(38-15)4-11(25)20(27-12)31-8-17(33)29-23(31)36/h2-5H,6-9H2,1H3,(H,28,32,35)(H,29,33,36)/t24-/m1/s1. The topological polar surface area (TPSA) is 151 Å². The summed E-state index contributed by atoms with van der Waals surface area (Å²) >= 11 is 0. The van der Waals surface area contributed by atoms with Gasteiger partial charge < -0.3 is 14.1 Å². The molecule has 0 aliphatic carbocycles. The van der Waals surface area contributed by atoms with Crippen LogP contribution in [0.4, 0.5) is 19.4 Å². The molecule has 2 saturated heterocycles. The van der Waals surface area contributed by atoms with Crippen LogP contribution < -0.4 is 20.3 Å². The Morgan fingerprint density at radius 3 is 2.53 bits per heavy atom. The highest BCUT2D eigenvalue weighted by atomic mass is 19.1. The van der Waals surface area contributed by atoms with Crippen molar-refractivity contribution in [1.29, 1.82) is 0 Å². The van der Waals surface area contributed by atoms with Crippen molar-refractivity contribution >= 4 is 46.6 Å². The van der Waals surface area contributed by atoms with E-state index >= 15 is 0 Å². The number of carbonyl (C=O) groups is 5. The van der Waals surface area contributed by atoms with Gasteiger partial charge in [0, 0.05) is 25.2 Å². The third-order valence-electron chi connectivity index (χ3n) is 6.84. The van der Waals surface area contributed by atoms with Crippen LogP contribution in [-0.2, 0) is 26.3 Å². The molecule has 14 heteroatoms. The number of aromatic nitrogens is 1. The zero-order valence-corrected chi connectivity index (χ0v) is 19.6. The summed E-state index contributed by atoms with van der Waals surface area (Å²) in [5.74, 6) is -5.12. The van der Waals surface area contributed by atoms with Crippen LogP contribution in [0.2, 0.25) is 0 Å². The van der Waals surface area contributed by atoms with E-state index in [1.807, 2.05) is 5.32 Å². The molecule has 0 unspecified atom stereocenters. The number of fused-ring (bicyclic) bond motifs is 2. The number of furan rings is 1. The van der Waals surface area contributed by atoms with Crippen molar-refractivity contribution in [3.8, 4) is 5.75 Å². The molecule has 0 bridgehead atoms. The van der Waals surface area contributed by atoms with Gasteiger partial charge in [-0.15, -0.1) is 0 Å². The highest BCUT2D eigenvalue weighted by Gasteiger charge is 2.53. The number of urea groups is 1. The Kier molecular flexibility index (Phi) is 4.99. The first-order valence-electron chi connectivity index (χ1n) is 11.3. The quantitative estimate of drug-likeness (QED) is 0.372. The highest BCUT2D eigenvalue weighted by molar-refractivity contribution is 6.12. The number of methoxy groups -OCH3 is 1. The molecule has 0 saturated carbocycles. The van der Waals surface area contributed by atoms with E-state index in [-0.39, 0.29) is 41.3 Å². The summed E-state index contributed by atoms with van der Waals surface area (Å²) in [6.07, 6.45) is -0.393. The fourth-order valence-corrected chi connectivity index (χ4v) is 5.03. The first-order valence-corrected chi connectivity index (χ1v) is 11.3. The molecule has 2 fully saturated rings. The number of pyridine rings is 1. The number of amides is 6. The van der Waals surface area contributed by atoms with E-state index in [2.05, 4.69) is 10.3 Å². The number of nitrogens with one attached hydrogen (secondary N) is 2. The van der Waals surface area contributed by atoms with Crippen LogP contribution in [-0.4, -0.2) is 59.7 Å². The molecule has 6 rings (SSSR count). The lowest BCUT2D eigenvalue weighted by atomic mass is 9.82. The molecule has 2 N–H and O–H groups in total. The van der Waals surface area contributed by atoms with Gasteiger partial charge in [-0.1, -0.05) is 6.07 Å². The second-order valence-corrected chi connectivity index (χ2v) is 9.14. The van der Waals surface area contributed by atoms with Crippen molar-refractivity contribution in [2.24, 2.45) is 0 Å². The van der Waals surface area contributed by atoms with Crippen LogP contribution in [0.5, 0.6) is 5.75 Å². The molecule has 1 atom stereocenters. The number of hydrogen-bond acceptors (Lipinski definition) is 8. The lowest BCUT2D eigenvalue weighted by molar-refractivity contribution is -0.127. The van der Waals surface area contributed by atoms with Crippen molar-refractivity contribution in [2.75, 3.05) is 25.1 Å². The van der Waals surface area contributed by atoms with Crippen molar-refractivity contribution in [2.45, 2.75) is 18.4 Å². The van der Waals surface area contributed by atoms with E-state index in [0.717, 1.165) is 11.0 Å². The first-order chi connectivity index (χ1) is 18.1. The normalized spacial score (nSPS) is 21.0. The fraction of sp³-hybridized carbons (Fsp3) is 0.250. The fourth-order valence-electron chi connectivity index (χ4n) is 5.03. The molecule has 194 valence electrons. The number of halogens is 2. The van der Waals surface area contributed by atoms with Crippen LogP contribution in [0.25, 0.3) is 11.1 Å². The average molecular weight is 525 g/mol. The summed E-state index contributed by atoms with van der Waals surface area (Å²) < 4.78 is 40.4. The number of rotatable bonds is 5. The molecule has 1 aromatic carbocycles. The molecule has 3 aliphatic heterocycles.